The van der Waals surface area contributed by atoms with Gasteiger partial charge in [-0.1, -0.05) is 18.2 Å². The van der Waals surface area contributed by atoms with E-state index < -0.39 is 21.8 Å². The Balaban J connectivity index is 1.64. The number of hydrogen-bond acceptors (Lipinski definition) is 7. The van der Waals surface area contributed by atoms with Gasteiger partial charge < -0.3 is 10.1 Å². The number of aryl methyl sites for hydroxylation is 1. The third-order valence-corrected chi connectivity index (χ3v) is 7.75. The minimum absolute atomic E-state index is 0.00725. The van der Waals surface area contributed by atoms with Crippen LogP contribution in [0.15, 0.2) is 35.2 Å². The van der Waals surface area contributed by atoms with Crippen molar-refractivity contribution < 1.29 is 27.5 Å². The lowest BCUT2D eigenvalue weighted by atomic mass is 10.1. The number of rotatable bonds is 7. The van der Waals surface area contributed by atoms with E-state index >= 15 is 0 Å². The molecule has 1 aliphatic rings. The van der Waals surface area contributed by atoms with Gasteiger partial charge in [0.2, 0.25) is 5.91 Å². The number of carbonyl (C=O) groups is 3. The molecule has 0 unspecified atom stereocenters. The normalized spacial score (nSPS) is 12.8. The van der Waals surface area contributed by atoms with Crippen molar-refractivity contribution in [1.82, 2.24) is 5.32 Å². The minimum Gasteiger partial charge on any atom is -0.453 e. The zero-order valence-electron chi connectivity index (χ0n) is 16.4. The number of nitrogens with one attached hydrogen (secondary N) is 2. The van der Waals surface area contributed by atoms with Crippen LogP contribution in [0.25, 0.3) is 0 Å². The fraction of sp³-hybridized carbons (Fsp3) is 0.350. The summed E-state index contributed by atoms with van der Waals surface area (Å²) in [5, 5.41) is 5.21. The molecule has 0 atom stereocenters. The summed E-state index contributed by atoms with van der Waals surface area (Å²) >= 11 is 1.31. The molecule has 8 nitrogen and oxygen atoms in total. The number of thiophene rings is 1. The number of carbonyl (C=O) groups excluding carboxylic acids is 3. The van der Waals surface area contributed by atoms with Crippen molar-refractivity contribution in [1.29, 1.82) is 0 Å². The summed E-state index contributed by atoms with van der Waals surface area (Å²) in [4.78, 5) is 37.5. The molecule has 0 aliphatic heterocycles. The van der Waals surface area contributed by atoms with E-state index in [1.807, 2.05) is 0 Å². The van der Waals surface area contributed by atoms with E-state index in [1.54, 1.807) is 18.2 Å². The molecule has 0 saturated carbocycles. The quantitative estimate of drug-likeness (QED) is 0.670. The molecule has 0 spiro atoms. The number of alkyl carbamates (subject to hydrolysis) is 1. The van der Waals surface area contributed by atoms with Crippen molar-refractivity contribution in [2.75, 3.05) is 18.2 Å². The van der Waals surface area contributed by atoms with Gasteiger partial charge in [-0.25, -0.2) is 13.2 Å². The maximum Gasteiger partial charge on any atom is 0.413 e. The number of imide groups is 1. The number of benzene rings is 1. The molecule has 3 rings (SSSR count). The third-order valence-electron chi connectivity index (χ3n) is 4.72. The Labute approximate surface area is 178 Å². The smallest absolute Gasteiger partial charge is 0.413 e. The molecule has 30 heavy (non-hydrogen) atoms. The Kier molecular flexibility index (Phi) is 6.88. The van der Waals surface area contributed by atoms with Crippen LogP contribution < -0.4 is 10.6 Å². The number of sulfone groups is 1. The summed E-state index contributed by atoms with van der Waals surface area (Å²) in [5.74, 6) is -1.16. The average molecular weight is 451 g/mol. The number of anilines is 1. The van der Waals surface area contributed by atoms with Gasteiger partial charge in [0.25, 0.3) is 5.91 Å². The Morgan fingerprint density at radius 3 is 2.57 bits per heavy atom. The van der Waals surface area contributed by atoms with E-state index in [1.165, 1.54) is 23.5 Å². The van der Waals surface area contributed by atoms with Crippen LogP contribution in [0.2, 0.25) is 0 Å². The second-order valence-corrected chi connectivity index (χ2v) is 10.0. The Bertz CT molecular complexity index is 1060. The van der Waals surface area contributed by atoms with E-state index in [-0.39, 0.29) is 35.0 Å². The second kappa shape index (κ2) is 9.40. The summed E-state index contributed by atoms with van der Waals surface area (Å²) in [6.07, 6.45) is 1.68. The molecule has 0 bridgehead atoms. The zero-order chi connectivity index (χ0) is 21.7. The molecule has 1 heterocycles. The first kappa shape index (κ1) is 22.0. The van der Waals surface area contributed by atoms with Crippen LogP contribution in [-0.2, 0) is 32.2 Å². The van der Waals surface area contributed by atoms with Gasteiger partial charge in [0.15, 0.2) is 9.84 Å². The van der Waals surface area contributed by atoms with Crippen LogP contribution in [0.3, 0.4) is 0 Å². The van der Waals surface area contributed by atoms with Crippen molar-refractivity contribution in [2.45, 2.75) is 37.0 Å². The SMILES string of the molecule is COC(=O)NC(=O)c1c(NC(=O)CCCS(=O)(=O)c2ccccc2)sc2c1CCC2. The Morgan fingerprint density at radius 1 is 1.13 bits per heavy atom. The Hall–Kier alpha value is -2.72. The molecule has 0 saturated heterocycles. The van der Waals surface area contributed by atoms with Gasteiger partial charge in [-0.15, -0.1) is 11.3 Å². The molecule has 10 heteroatoms. The molecule has 1 aliphatic carbocycles. The van der Waals surface area contributed by atoms with Gasteiger partial charge in [-0.2, -0.15) is 0 Å². The van der Waals surface area contributed by atoms with Crippen molar-refractivity contribution in [3.63, 3.8) is 0 Å². The number of fused-ring (bicyclic) bond motifs is 1. The van der Waals surface area contributed by atoms with E-state index in [4.69, 9.17) is 0 Å². The topological polar surface area (TPSA) is 119 Å². The van der Waals surface area contributed by atoms with Crippen molar-refractivity contribution >= 4 is 44.1 Å². The maximum atomic E-state index is 12.5. The van der Waals surface area contributed by atoms with Gasteiger partial charge in [0.1, 0.15) is 5.00 Å². The molecule has 0 radical (unpaired) electrons. The van der Waals surface area contributed by atoms with Gasteiger partial charge in [-0.05, 0) is 43.4 Å². The average Bonchev–Trinajstić information content (AvgIpc) is 3.29. The van der Waals surface area contributed by atoms with Crippen molar-refractivity contribution in [2.24, 2.45) is 0 Å². The molecular weight excluding hydrogens is 428 g/mol. The second-order valence-electron chi connectivity index (χ2n) is 6.79. The van der Waals surface area contributed by atoms with Crippen LogP contribution in [0, 0.1) is 0 Å². The van der Waals surface area contributed by atoms with Crippen molar-refractivity contribution in [3.8, 4) is 0 Å². The first-order chi connectivity index (χ1) is 14.3. The van der Waals surface area contributed by atoms with Crippen LogP contribution in [0.4, 0.5) is 9.80 Å². The van der Waals surface area contributed by atoms with E-state index in [0.717, 1.165) is 30.4 Å². The van der Waals surface area contributed by atoms with E-state index in [9.17, 15) is 22.8 Å². The Morgan fingerprint density at radius 2 is 1.87 bits per heavy atom. The molecule has 1 aromatic carbocycles. The number of methoxy groups -OCH3 is 1. The standard InChI is InChI=1S/C20H22N2O6S2/c1-28-20(25)22-18(24)17-14-9-5-10-15(14)29-19(17)21-16(23)11-6-12-30(26,27)13-7-3-2-4-8-13/h2-4,7-8H,5-6,9-12H2,1H3,(H,21,23)(H,22,24,25). The monoisotopic (exact) mass is 450 g/mol. The first-order valence-electron chi connectivity index (χ1n) is 9.43. The zero-order valence-corrected chi connectivity index (χ0v) is 18.0. The predicted octanol–water partition coefficient (Wildman–Crippen LogP) is 2.93. The van der Waals surface area contributed by atoms with Crippen LogP contribution in [0.1, 0.15) is 40.1 Å². The van der Waals surface area contributed by atoms with Crippen LogP contribution in [-0.4, -0.2) is 39.2 Å². The lowest BCUT2D eigenvalue weighted by molar-refractivity contribution is -0.116. The minimum atomic E-state index is -3.46. The molecular formula is C20H22N2O6S2. The summed E-state index contributed by atoms with van der Waals surface area (Å²) in [6, 6.07) is 8.08. The van der Waals surface area contributed by atoms with Crippen LogP contribution >= 0.6 is 11.3 Å². The molecule has 1 aromatic heterocycles. The summed E-state index contributed by atoms with van der Waals surface area (Å²) < 4.78 is 29.1. The largest absolute Gasteiger partial charge is 0.453 e. The highest BCUT2D eigenvalue weighted by Gasteiger charge is 2.28. The fourth-order valence-electron chi connectivity index (χ4n) is 3.30. The molecule has 3 amide bonds. The highest BCUT2D eigenvalue weighted by atomic mass is 32.2. The molecule has 160 valence electrons. The predicted molar refractivity (Wildman–Crippen MR) is 113 cm³/mol. The van der Waals surface area contributed by atoms with E-state index in [0.29, 0.717) is 11.4 Å². The molecule has 0 fully saturated rings. The molecule has 2 N–H and O–H groups in total. The van der Waals surface area contributed by atoms with Crippen LogP contribution in [0.5, 0.6) is 0 Å². The summed E-state index contributed by atoms with van der Waals surface area (Å²) in [7, 11) is -2.30. The van der Waals surface area contributed by atoms with Gasteiger partial charge in [0, 0.05) is 11.3 Å². The summed E-state index contributed by atoms with van der Waals surface area (Å²) in [5.41, 5.74) is 1.12. The van der Waals surface area contributed by atoms with Gasteiger partial charge in [0.05, 0.1) is 23.3 Å². The van der Waals surface area contributed by atoms with E-state index in [2.05, 4.69) is 15.4 Å². The van der Waals surface area contributed by atoms with Gasteiger partial charge in [-0.3, -0.25) is 14.9 Å². The molecule has 2 aromatic rings. The number of hydrogen-bond donors (Lipinski definition) is 2. The maximum absolute atomic E-state index is 12.5. The van der Waals surface area contributed by atoms with Crippen molar-refractivity contribution in [3.05, 3.63) is 46.3 Å². The number of amides is 3. The fourth-order valence-corrected chi connectivity index (χ4v) is 5.93. The van der Waals surface area contributed by atoms with Gasteiger partial charge >= 0.3 is 6.09 Å². The highest BCUT2D eigenvalue weighted by molar-refractivity contribution is 7.91. The lowest BCUT2D eigenvalue weighted by Crippen LogP contribution is -2.31. The highest BCUT2D eigenvalue weighted by Crippen LogP contribution is 2.39. The lowest BCUT2D eigenvalue weighted by Gasteiger charge is -2.09. The number of ether oxygens (including phenoxy) is 1. The third kappa shape index (κ3) is 5.06. The first-order valence-corrected chi connectivity index (χ1v) is 11.9. The summed E-state index contributed by atoms with van der Waals surface area (Å²) in [6.45, 7) is 0.